The number of para-hydroxylation sites is 1. The van der Waals surface area contributed by atoms with Crippen molar-refractivity contribution in [3.8, 4) is 0 Å². The lowest BCUT2D eigenvalue weighted by molar-refractivity contribution is -0.142. The molecule has 1 aromatic heterocycles. The van der Waals surface area contributed by atoms with Gasteiger partial charge in [-0.1, -0.05) is 109 Å². The summed E-state index contributed by atoms with van der Waals surface area (Å²) in [5.74, 6) is -1.79. The minimum Gasteiger partial charge on any atom is -0.445 e. The van der Waals surface area contributed by atoms with Crippen molar-refractivity contribution in [2.24, 2.45) is 0 Å². The first kappa shape index (κ1) is 36.3. The van der Waals surface area contributed by atoms with E-state index >= 15 is 0 Å². The van der Waals surface area contributed by atoms with Crippen molar-refractivity contribution in [2.75, 3.05) is 7.05 Å². The van der Waals surface area contributed by atoms with Gasteiger partial charge in [0.25, 0.3) is 5.91 Å². The van der Waals surface area contributed by atoms with Gasteiger partial charge in [0.05, 0.1) is 6.04 Å². The molecule has 5 N–H and O–H groups in total. The van der Waals surface area contributed by atoms with E-state index in [9.17, 15) is 24.3 Å². The van der Waals surface area contributed by atoms with E-state index in [1.54, 1.807) is 13.2 Å². The Balaban J connectivity index is 1.33. The number of carbonyl (C=O) groups excluding carboxylic acids is 4. The van der Waals surface area contributed by atoms with Gasteiger partial charge in [0, 0.05) is 37.1 Å². The molecule has 0 radical (unpaired) electrons. The van der Waals surface area contributed by atoms with Crippen molar-refractivity contribution in [1.29, 1.82) is 0 Å². The molecule has 5 aromatic rings. The van der Waals surface area contributed by atoms with Gasteiger partial charge in [-0.05, 0) is 41.7 Å². The predicted molar refractivity (Wildman–Crippen MR) is 194 cm³/mol. The number of aliphatic hydroxyl groups excluding tert-OH is 1. The zero-order chi connectivity index (χ0) is 36.2. The molecule has 0 bridgehead atoms. The van der Waals surface area contributed by atoms with E-state index in [-0.39, 0.29) is 26.0 Å². The van der Waals surface area contributed by atoms with Gasteiger partial charge < -0.3 is 35.7 Å². The summed E-state index contributed by atoms with van der Waals surface area (Å²) in [6.45, 7) is 1.78. The third-order valence-electron chi connectivity index (χ3n) is 8.57. The maximum Gasteiger partial charge on any atom is 0.408 e. The van der Waals surface area contributed by atoms with Crippen LogP contribution in [0.2, 0.25) is 0 Å². The Hall–Kier alpha value is -5.94. The molecule has 0 saturated carbocycles. The zero-order valence-corrected chi connectivity index (χ0v) is 28.6. The molecule has 264 valence electrons. The third-order valence-corrected chi connectivity index (χ3v) is 8.57. The summed E-state index contributed by atoms with van der Waals surface area (Å²) in [6, 6.07) is 32.1. The van der Waals surface area contributed by atoms with E-state index < -0.39 is 48.0 Å². The van der Waals surface area contributed by atoms with Crippen LogP contribution in [-0.2, 0) is 45.1 Å². The number of H-pyrrole nitrogens is 1. The quantitative estimate of drug-likeness (QED) is 0.111. The van der Waals surface area contributed by atoms with Gasteiger partial charge in [0.2, 0.25) is 11.8 Å². The molecule has 51 heavy (non-hydrogen) atoms. The molecule has 4 amide bonds. The highest BCUT2D eigenvalue weighted by Crippen LogP contribution is 2.20. The summed E-state index contributed by atoms with van der Waals surface area (Å²) in [5.41, 5.74) is 4.10. The maximum atomic E-state index is 14.1. The van der Waals surface area contributed by atoms with Crippen LogP contribution >= 0.6 is 0 Å². The third kappa shape index (κ3) is 10.3. The van der Waals surface area contributed by atoms with Crippen LogP contribution in [0.25, 0.3) is 10.9 Å². The van der Waals surface area contributed by atoms with Crippen molar-refractivity contribution in [3.63, 3.8) is 0 Å². The number of amides is 4. The monoisotopic (exact) mass is 689 g/mol. The summed E-state index contributed by atoms with van der Waals surface area (Å²) in [4.78, 5) is 58.3. The second-order valence-electron chi connectivity index (χ2n) is 12.5. The molecule has 0 aliphatic heterocycles. The fraction of sp³-hybridized carbons (Fsp3) is 0.250. The Morgan fingerprint density at radius 1 is 0.725 bits per heavy atom. The first-order valence-electron chi connectivity index (χ1n) is 16.8. The Morgan fingerprint density at radius 2 is 1.31 bits per heavy atom. The van der Waals surface area contributed by atoms with E-state index in [0.29, 0.717) is 0 Å². The fourth-order valence-electron chi connectivity index (χ4n) is 5.76. The summed E-state index contributed by atoms with van der Waals surface area (Å²) in [7, 11) is 1.60. The minimum atomic E-state index is -1.59. The standard InChI is InChI=1S/C40H43N5O6/c1-27(42-40(50)51-26-30-18-10-5-11-19-30)37(47)44-35(23-31-24-41-33-21-13-12-20-32(31)33)38(48)43-34(22-28-14-6-3-7-15-28)36(46)39(49)45(2)25-29-16-8-4-9-17-29/h3-21,24,27,34-36,41,46H,22-23,25-26H2,1-2H3,(H,42,50)(H,43,48)(H,44,47)/t27?,34-,35-,36-/m0/s1. The molecule has 0 aliphatic rings. The van der Waals surface area contributed by atoms with Crippen molar-refractivity contribution in [1.82, 2.24) is 25.8 Å². The molecule has 4 aromatic carbocycles. The van der Waals surface area contributed by atoms with Crippen LogP contribution in [0.1, 0.15) is 29.2 Å². The van der Waals surface area contributed by atoms with Crippen LogP contribution in [0.4, 0.5) is 4.79 Å². The van der Waals surface area contributed by atoms with E-state index in [4.69, 9.17) is 4.74 Å². The number of rotatable bonds is 15. The lowest BCUT2D eigenvalue weighted by Crippen LogP contribution is -2.58. The van der Waals surface area contributed by atoms with Gasteiger partial charge in [0.1, 0.15) is 18.7 Å². The Morgan fingerprint density at radius 3 is 1.98 bits per heavy atom. The lowest BCUT2D eigenvalue weighted by Gasteiger charge is -2.29. The molecule has 1 heterocycles. The number of aromatic amines is 1. The number of aliphatic hydroxyl groups is 1. The number of carbonyl (C=O) groups is 4. The largest absolute Gasteiger partial charge is 0.445 e. The summed E-state index contributed by atoms with van der Waals surface area (Å²) >= 11 is 0. The van der Waals surface area contributed by atoms with E-state index in [0.717, 1.165) is 33.2 Å². The molecular formula is C40H43N5O6. The zero-order valence-electron chi connectivity index (χ0n) is 28.6. The molecule has 4 atom stereocenters. The van der Waals surface area contributed by atoms with Gasteiger partial charge in [-0.15, -0.1) is 0 Å². The number of hydrogen-bond acceptors (Lipinski definition) is 6. The van der Waals surface area contributed by atoms with Gasteiger partial charge in [-0.3, -0.25) is 14.4 Å². The number of alkyl carbamates (subject to hydrolysis) is 1. The van der Waals surface area contributed by atoms with Gasteiger partial charge in [-0.25, -0.2) is 4.79 Å². The molecule has 0 fully saturated rings. The number of benzene rings is 4. The van der Waals surface area contributed by atoms with Crippen LogP contribution in [0.15, 0.2) is 121 Å². The topological polar surface area (TPSA) is 153 Å². The van der Waals surface area contributed by atoms with Crippen LogP contribution in [0.5, 0.6) is 0 Å². The summed E-state index contributed by atoms with van der Waals surface area (Å²) < 4.78 is 5.27. The molecular weight excluding hydrogens is 646 g/mol. The number of fused-ring (bicyclic) bond motifs is 1. The highest BCUT2D eigenvalue weighted by atomic mass is 16.5. The first-order valence-corrected chi connectivity index (χ1v) is 16.8. The highest BCUT2D eigenvalue weighted by molar-refractivity contribution is 5.93. The van der Waals surface area contributed by atoms with Crippen molar-refractivity contribution in [3.05, 3.63) is 144 Å². The van der Waals surface area contributed by atoms with E-state index in [1.165, 1.54) is 11.8 Å². The van der Waals surface area contributed by atoms with Gasteiger partial charge >= 0.3 is 6.09 Å². The molecule has 11 heteroatoms. The number of likely N-dealkylation sites (N-methyl/N-ethyl adjacent to an activating group) is 1. The average molecular weight is 690 g/mol. The molecule has 5 rings (SSSR count). The maximum absolute atomic E-state index is 14.1. The first-order chi connectivity index (χ1) is 24.7. The normalized spacial score (nSPS) is 13.3. The number of nitrogens with zero attached hydrogens (tertiary/aromatic N) is 1. The van der Waals surface area contributed by atoms with E-state index in [2.05, 4.69) is 20.9 Å². The Kier molecular flexibility index (Phi) is 12.6. The Labute approximate surface area is 297 Å². The van der Waals surface area contributed by atoms with Crippen LogP contribution in [0, 0.1) is 0 Å². The van der Waals surface area contributed by atoms with Gasteiger partial charge in [0.15, 0.2) is 6.10 Å². The van der Waals surface area contributed by atoms with Crippen molar-refractivity contribution >= 4 is 34.7 Å². The summed E-state index contributed by atoms with van der Waals surface area (Å²) in [5, 5.41) is 20.5. The van der Waals surface area contributed by atoms with E-state index in [1.807, 2.05) is 115 Å². The van der Waals surface area contributed by atoms with Crippen molar-refractivity contribution in [2.45, 2.75) is 57.1 Å². The smallest absolute Gasteiger partial charge is 0.408 e. The highest BCUT2D eigenvalue weighted by Gasteiger charge is 2.33. The number of hydrogen-bond donors (Lipinski definition) is 5. The average Bonchev–Trinajstić information content (AvgIpc) is 3.56. The second kappa shape index (κ2) is 17.6. The number of aromatic nitrogens is 1. The minimum absolute atomic E-state index is 0.0248. The predicted octanol–water partition coefficient (Wildman–Crippen LogP) is 4.26. The SMILES string of the molecule is CC(NC(=O)OCc1ccccc1)C(=O)N[C@@H](Cc1c[nH]c2ccccc12)C(=O)N[C@@H](Cc1ccccc1)[C@H](O)C(=O)N(C)Cc1ccccc1. The number of ether oxygens (including phenoxy) is 1. The molecule has 11 nitrogen and oxygen atoms in total. The van der Waals surface area contributed by atoms with Crippen LogP contribution in [0.3, 0.4) is 0 Å². The molecule has 1 unspecified atom stereocenters. The lowest BCUT2D eigenvalue weighted by atomic mass is 9.98. The van der Waals surface area contributed by atoms with Crippen LogP contribution in [-0.4, -0.2) is 70.1 Å². The molecule has 0 saturated heterocycles. The Bertz CT molecular complexity index is 1900. The van der Waals surface area contributed by atoms with Crippen molar-refractivity contribution < 1.29 is 29.0 Å². The molecule has 0 spiro atoms. The van der Waals surface area contributed by atoms with Crippen LogP contribution < -0.4 is 16.0 Å². The fourth-order valence-corrected chi connectivity index (χ4v) is 5.76. The second-order valence-corrected chi connectivity index (χ2v) is 12.5. The number of nitrogens with one attached hydrogen (secondary N) is 4. The molecule has 0 aliphatic carbocycles. The summed E-state index contributed by atoms with van der Waals surface area (Å²) in [6.07, 6.45) is -0.367. The van der Waals surface area contributed by atoms with Gasteiger partial charge in [-0.2, -0.15) is 0 Å².